The molecule has 0 radical (unpaired) electrons. The molecule has 0 aliphatic heterocycles. The summed E-state index contributed by atoms with van der Waals surface area (Å²) in [6.07, 6.45) is 18.3. The number of benzene rings is 1. The molecule has 0 unspecified atom stereocenters. The van der Waals surface area contributed by atoms with Crippen molar-refractivity contribution < 1.29 is 4.39 Å². The molecule has 0 heterocycles. The second kappa shape index (κ2) is 8.83. The minimum absolute atomic E-state index is 0.113. The van der Waals surface area contributed by atoms with Crippen molar-refractivity contribution in [1.29, 1.82) is 0 Å². The van der Waals surface area contributed by atoms with E-state index in [0.717, 1.165) is 54.7 Å². The second-order valence-electron chi connectivity index (χ2n) is 7.95. The first-order chi connectivity index (χ1) is 12.2. The van der Waals surface area contributed by atoms with E-state index in [4.69, 9.17) is 0 Å². The molecule has 1 heteroatoms. The first-order valence-corrected chi connectivity index (χ1v) is 10.3. The van der Waals surface area contributed by atoms with Crippen LogP contribution in [-0.2, 0) is 6.42 Å². The predicted molar refractivity (Wildman–Crippen MR) is 106 cm³/mol. The van der Waals surface area contributed by atoms with Crippen LogP contribution in [0.25, 0.3) is 6.08 Å². The lowest BCUT2D eigenvalue weighted by atomic mass is 9.76. The highest BCUT2D eigenvalue weighted by Gasteiger charge is 2.26. The molecule has 0 bridgehead atoms. The van der Waals surface area contributed by atoms with E-state index in [-0.39, 0.29) is 5.82 Å². The standard InChI is InChI=1S/C24H33F/c1-3-5-6-8-18-9-12-20(13-10-18)22-16-14-21-17-19(7-4-2)11-15-23(21)24(22)25/h3,5,14,16-18,20H,4,6-13,15H2,1-2H3. The van der Waals surface area contributed by atoms with Gasteiger partial charge in [0.2, 0.25) is 0 Å². The molecule has 1 fully saturated rings. The molecule has 25 heavy (non-hydrogen) atoms. The van der Waals surface area contributed by atoms with Gasteiger partial charge in [-0.25, -0.2) is 4.39 Å². The van der Waals surface area contributed by atoms with Gasteiger partial charge in [0.15, 0.2) is 0 Å². The first kappa shape index (κ1) is 18.4. The molecule has 1 aromatic rings. The lowest BCUT2D eigenvalue weighted by Crippen LogP contribution is -2.15. The summed E-state index contributed by atoms with van der Waals surface area (Å²) in [7, 11) is 0. The van der Waals surface area contributed by atoms with E-state index in [1.54, 1.807) is 0 Å². The molecule has 136 valence electrons. The van der Waals surface area contributed by atoms with E-state index in [9.17, 15) is 0 Å². The van der Waals surface area contributed by atoms with Crippen LogP contribution in [0.3, 0.4) is 0 Å². The Kier molecular flexibility index (Phi) is 6.51. The molecule has 0 N–H and O–H groups in total. The van der Waals surface area contributed by atoms with Gasteiger partial charge in [0, 0.05) is 0 Å². The molecule has 1 aromatic carbocycles. The van der Waals surface area contributed by atoms with Gasteiger partial charge in [-0.3, -0.25) is 0 Å². The third-order valence-electron chi connectivity index (χ3n) is 6.20. The van der Waals surface area contributed by atoms with Gasteiger partial charge in [0.25, 0.3) is 0 Å². The minimum atomic E-state index is 0.113. The van der Waals surface area contributed by atoms with Crippen molar-refractivity contribution >= 4 is 6.08 Å². The molecule has 2 aliphatic carbocycles. The van der Waals surface area contributed by atoms with Gasteiger partial charge in [-0.05, 0) is 93.2 Å². The summed E-state index contributed by atoms with van der Waals surface area (Å²) < 4.78 is 15.2. The van der Waals surface area contributed by atoms with Crippen molar-refractivity contribution in [2.45, 2.75) is 84.0 Å². The minimum Gasteiger partial charge on any atom is -0.206 e. The summed E-state index contributed by atoms with van der Waals surface area (Å²) in [5, 5.41) is 0. The number of halogens is 1. The molecule has 1 saturated carbocycles. The molecule has 0 amide bonds. The van der Waals surface area contributed by atoms with Gasteiger partial charge in [-0.15, -0.1) is 0 Å². The Morgan fingerprint density at radius 1 is 1.12 bits per heavy atom. The average molecular weight is 341 g/mol. The summed E-state index contributed by atoms with van der Waals surface area (Å²) in [6, 6.07) is 4.27. The second-order valence-corrected chi connectivity index (χ2v) is 7.95. The fraction of sp³-hybridized carbons (Fsp3) is 0.583. The maximum absolute atomic E-state index is 15.2. The fourth-order valence-electron chi connectivity index (χ4n) is 4.72. The lowest BCUT2D eigenvalue weighted by molar-refractivity contribution is 0.307. The van der Waals surface area contributed by atoms with Crippen LogP contribution in [0.15, 0.2) is 29.9 Å². The quantitative estimate of drug-likeness (QED) is 0.468. The number of allylic oxidation sites excluding steroid dienone is 3. The number of rotatable bonds is 6. The molecule has 0 atom stereocenters. The highest BCUT2D eigenvalue weighted by Crippen LogP contribution is 2.40. The maximum Gasteiger partial charge on any atom is 0.130 e. The predicted octanol–water partition coefficient (Wildman–Crippen LogP) is 7.59. The first-order valence-electron chi connectivity index (χ1n) is 10.3. The third-order valence-corrected chi connectivity index (χ3v) is 6.20. The number of fused-ring (bicyclic) bond motifs is 1. The van der Waals surface area contributed by atoms with Gasteiger partial charge in [-0.1, -0.05) is 49.3 Å². The summed E-state index contributed by atoms with van der Waals surface area (Å²) in [5.41, 5.74) is 4.60. The van der Waals surface area contributed by atoms with Gasteiger partial charge in [0.1, 0.15) is 5.82 Å². The molecule has 3 rings (SSSR count). The average Bonchev–Trinajstić information content (AvgIpc) is 2.63. The molecular formula is C24H33F. The monoisotopic (exact) mass is 340 g/mol. The van der Waals surface area contributed by atoms with Gasteiger partial charge in [0.05, 0.1) is 0 Å². The Labute approximate surface area is 153 Å². The van der Waals surface area contributed by atoms with E-state index in [0.29, 0.717) is 5.92 Å². The van der Waals surface area contributed by atoms with Crippen molar-refractivity contribution in [3.05, 3.63) is 52.4 Å². The fourth-order valence-corrected chi connectivity index (χ4v) is 4.72. The molecule has 0 aromatic heterocycles. The SMILES string of the molecule is CC=CCCC1CCC(c2ccc3c(c2F)CCC(CCC)=C3)CC1. The topological polar surface area (TPSA) is 0 Å². The van der Waals surface area contributed by atoms with Crippen LogP contribution in [0.4, 0.5) is 4.39 Å². The molecule has 0 spiro atoms. The van der Waals surface area contributed by atoms with E-state index in [1.807, 2.05) is 0 Å². The highest BCUT2D eigenvalue weighted by atomic mass is 19.1. The Hall–Kier alpha value is -1.37. The Balaban J connectivity index is 1.67. The number of hydrogen-bond acceptors (Lipinski definition) is 0. The smallest absolute Gasteiger partial charge is 0.130 e. The van der Waals surface area contributed by atoms with Crippen molar-refractivity contribution in [3.63, 3.8) is 0 Å². The highest BCUT2D eigenvalue weighted by molar-refractivity contribution is 5.61. The van der Waals surface area contributed by atoms with Crippen LogP contribution in [0.1, 0.15) is 94.2 Å². The van der Waals surface area contributed by atoms with E-state index < -0.39 is 0 Å². The van der Waals surface area contributed by atoms with Gasteiger partial charge in [-0.2, -0.15) is 0 Å². The number of hydrogen-bond donors (Lipinski definition) is 0. The zero-order valence-electron chi connectivity index (χ0n) is 16.0. The van der Waals surface area contributed by atoms with Crippen LogP contribution < -0.4 is 0 Å². The van der Waals surface area contributed by atoms with Crippen LogP contribution in [0.2, 0.25) is 0 Å². The van der Waals surface area contributed by atoms with Gasteiger partial charge < -0.3 is 0 Å². The normalized spacial score (nSPS) is 23.6. The zero-order chi connectivity index (χ0) is 17.6. The van der Waals surface area contributed by atoms with Crippen molar-refractivity contribution in [1.82, 2.24) is 0 Å². The molecule has 0 nitrogen and oxygen atoms in total. The molecule has 2 aliphatic rings. The van der Waals surface area contributed by atoms with Crippen molar-refractivity contribution in [2.24, 2.45) is 5.92 Å². The van der Waals surface area contributed by atoms with Crippen LogP contribution in [0.5, 0.6) is 0 Å². The summed E-state index contributed by atoms with van der Waals surface area (Å²) in [5.74, 6) is 1.39. The zero-order valence-corrected chi connectivity index (χ0v) is 16.0. The summed E-state index contributed by atoms with van der Waals surface area (Å²) >= 11 is 0. The largest absolute Gasteiger partial charge is 0.206 e. The van der Waals surface area contributed by atoms with Crippen molar-refractivity contribution in [2.75, 3.05) is 0 Å². The Bertz CT molecular complexity index is 630. The lowest BCUT2D eigenvalue weighted by Gasteiger charge is -2.30. The maximum atomic E-state index is 15.2. The van der Waals surface area contributed by atoms with E-state index >= 15 is 4.39 Å². The summed E-state index contributed by atoms with van der Waals surface area (Å²) in [4.78, 5) is 0. The molecular weight excluding hydrogens is 307 g/mol. The van der Waals surface area contributed by atoms with E-state index in [2.05, 4.69) is 44.2 Å². The van der Waals surface area contributed by atoms with Crippen molar-refractivity contribution in [3.8, 4) is 0 Å². The van der Waals surface area contributed by atoms with Crippen LogP contribution in [0, 0.1) is 11.7 Å². The Morgan fingerprint density at radius 3 is 2.64 bits per heavy atom. The third kappa shape index (κ3) is 4.43. The van der Waals surface area contributed by atoms with E-state index in [1.165, 1.54) is 37.7 Å². The van der Waals surface area contributed by atoms with Gasteiger partial charge >= 0.3 is 0 Å². The van der Waals surface area contributed by atoms with Crippen LogP contribution in [-0.4, -0.2) is 0 Å². The summed E-state index contributed by atoms with van der Waals surface area (Å²) in [6.45, 7) is 4.31. The Morgan fingerprint density at radius 2 is 1.92 bits per heavy atom. The molecule has 0 saturated heterocycles. The van der Waals surface area contributed by atoms with Crippen LogP contribution >= 0.6 is 0 Å².